The third kappa shape index (κ3) is 2.63. The smallest absolute Gasteiger partial charge is 0.335 e. The molecule has 1 aromatic rings. The summed E-state index contributed by atoms with van der Waals surface area (Å²) in [5, 5.41) is 12.6. The number of hydroxylamine groups is 1. The molecular formula is C16H21N3O2. The molecule has 1 aliphatic heterocycles. The van der Waals surface area contributed by atoms with Crippen LogP contribution in [0.3, 0.4) is 0 Å². The number of ether oxygens (including phenoxy) is 1. The van der Waals surface area contributed by atoms with Gasteiger partial charge in [-0.3, -0.25) is 0 Å². The van der Waals surface area contributed by atoms with Crippen LogP contribution < -0.4 is 4.74 Å². The summed E-state index contributed by atoms with van der Waals surface area (Å²) in [5.41, 5.74) is -0.0102. The van der Waals surface area contributed by atoms with Crippen molar-refractivity contribution in [1.29, 1.82) is 0 Å². The highest BCUT2D eigenvalue weighted by atomic mass is 16.5. The molecule has 1 aromatic carbocycles. The van der Waals surface area contributed by atoms with E-state index >= 15 is 0 Å². The third-order valence-corrected chi connectivity index (χ3v) is 3.37. The van der Waals surface area contributed by atoms with Gasteiger partial charge in [-0.15, -0.1) is 0 Å². The molecule has 0 radical (unpaired) electrons. The fraction of sp³-hybridized carbons (Fsp3) is 0.375. The van der Waals surface area contributed by atoms with E-state index < -0.39 is 5.54 Å². The van der Waals surface area contributed by atoms with E-state index in [1.807, 2.05) is 57.1 Å². The van der Waals surface area contributed by atoms with Gasteiger partial charge >= 0.3 is 5.84 Å². The number of rotatable bonds is 4. The Morgan fingerprint density at radius 3 is 2.62 bits per heavy atom. The van der Waals surface area contributed by atoms with Gasteiger partial charge in [-0.25, -0.2) is 4.74 Å². The summed E-state index contributed by atoms with van der Waals surface area (Å²) in [6, 6.07) is 7.41. The lowest BCUT2D eigenvalue weighted by Gasteiger charge is -2.26. The number of amidine groups is 2. The maximum atomic E-state index is 12.6. The van der Waals surface area contributed by atoms with Crippen LogP contribution in [-0.2, 0) is 0 Å². The molecule has 112 valence electrons. The summed E-state index contributed by atoms with van der Waals surface area (Å²) in [7, 11) is 3.77. The first-order chi connectivity index (χ1) is 9.89. The standard InChI is InChI=1S/C16H21N3O2/c1-6-11-21-13-10-8-7-9-12(13)14-17-15(18(4)5)16(2,3)19(14)20/h6-10H,1,11H2,2-5H3. The van der Waals surface area contributed by atoms with Crippen LogP contribution in [0.4, 0.5) is 0 Å². The Hall–Kier alpha value is -2.30. The minimum absolute atomic E-state index is 0.378. The molecule has 2 rings (SSSR count). The SMILES string of the molecule is C=CCOc1ccccc1C1=[N+]([O-])C(C)(C)C(N(C)C)=N1. The van der Waals surface area contributed by atoms with Gasteiger partial charge in [-0.2, -0.15) is 0 Å². The zero-order valence-electron chi connectivity index (χ0n) is 13.0. The molecule has 0 amide bonds. The first-order valence-electron chi connectivity index (χ1n) is 6.83. The Morgan fingerprint density at radius 2 is 2.05 bits per heavy atom. The van der Waals surface area contributed by atoms with E-state index in [0.717, 1.165) is 10.6 Å². The molecule has 0 atom stereocenters. The van der Waals surface area contributed by atoms with Crippen LogP contribution in [0.25, 0.3) is 0 Å². The van der Waals surface area contributed by atoms with Crippen LogP contribution in [0.15, 0.2) is 41.9 Å². The van der Waals surface area contributed by atoms with E-state index in [1.165, 1.54) is 0 Å². The van der Waals surface area contributed by atoms with E-state index in [4.69, 9.17) is 4.74 Å². The zero-order chi connectivity index (χ0) is 15.6. The number of nitrogens with zero attached hydrogens (tertiary/aromatic N) is 3. The average Bonchev–Trinajstić information content (AvgIpc) is 2.68. The van der Waals surface area contributed by atoms with Gasteiger partial charge in [0.15, 0.2) is 5.54 Å². The predicted octanol–water partition coefficient (Wildman–Crippen LogP) is 2.26. The second-order valence-electron chi connectivity index (χ2n) is 5.60. The second-order valence-corrected chi connectivity index (χ2v) is 5.60. The van der Waals surface area contributed by atoms with Gasteiger partial charge in [-0.1, -0.05) is 24.8 Å². The van der Waals surface area contributed by atoms with Crippen molar-refractivity contribution in [2.45, 2.75) is 19.4 Å². The van der Waals surface area contributed by atoms with E-state index in [0.29, 0.717) is 23.8 Å². The van der Waals surface area contributed by atoms with Gasteiger partial charge in [0.1, 0.15) is 17.9 Å². The Kier molecular flexibility index (Phi) is 4.02. The lowest BCUT2D eigenvalue weighted by Crippen LogP contribution is -2.45. The van der Waals surface area contributed by atoms with Crippen LogP contribution >= 0.6 is 0 Å². The number of para-hydroxylation sites is 1. The number of benzene rings is 1. The van der Waals surface area contributed by atoms with Crippen LogP contribution in [0.2, 0.25) is 0 Å². The van der Waals surface area contributed by atoms with Gasteiger partial charge < -0.3 is 14.8 Å². The van der Waals surface area contributed by atoms with Gasteiger partial charge in [0, 0.05) is 14.1 Å². The summed E-state index contributed by atoms with van der Waals surface area (Å²) >= 11 is 0. The maximum Gasteiger partial charge on any atom is 0.335 e. The largest absolute Gasteiger partial charge is 0.714 e. The van der Waals surface area contributed by atoms with Crippen molar-refractivity contribution >= 4 is 11.7 Å². The molecule has 5 nitrogen and oxygen atoms in total. The topological polar surface area (TPSA) is 50.9 Å². The fourth-order valence-electron chi connectivity index (χ4n) is 2.38. The second kappa shape index (κ2) is 5.60. The molecule has 0 saturated carbocycles. The quantitative estimate of drug-likeness (QED) is 0.485. The van der Waals surface area contributed by atoms with Crippen molar-refractivity contribution in [3.05, 3.63) is 47.7 Å². The molecule has 0 bridgehead atoms. The van der Waals surface area contributed by atoms with Crippen molar-refractivity contribution in [2.75, 3.05) is 20.7 Å². The summed E-state index contributed by atoms with van der Waals surface area (Å²) in [6.07, 6.45) is 1.67. The molecule has 0 aromatic heterocycles. The third-order valence-electron chi connectivity index (χ3n) is 3.37. The minimum Gasteiger partial charge on any atom is -0.714 e. The van der Waals surface area contributed by atoms with E-state index in [2.05, 4.69) is 11.6 Å². The Labute approximate surface area is 125 Å². The summed E-state index contributed by atoms with van der Waals surface area (Å²) in [4.78, 5) is 6.39. The van der Waals surface area contributed by atoms with Crippen LogP contribution in [0, 0.1) is 5.21 Å². The Morgan fingerprint density at radius 1 is 1.38 bits per heavy atom. The lowest BCUT2D eigenvalue weighted by atomic mass is 10.1. The van der Waals surface area contributed by atoms with E-state index in [9.17, 15) is 5.21 Å². The van der Waals surface area contributed by atoms with Crippen molar-refractivity contribution in [2.24, 2.45) is 4.99 Å². The highest BCUT2D eigenvalue weighted by Gasteiger charge is 2.44. The van der Waals surface area contributed by atoms with Crippen molar-refractivity contribution in [3.63, 3.8) is 0 Å². The van der Waals surface area contributed by atoms with Crippen LogP contribution in [0.5, 0.6) is 5.75 Å². The molecule has 1 heterocycles. The molecule has 0 unspecified atom stereocenters. The molecular weight excluding hydrogens is 266 g/mol. The van der Waals surface area contributed by atoms with Gasteiger partial charge in [-0.05, 0) is 31.0 Å². The van der Waals surface area contributed by atoms with Crippen LogP contribution in [-0.4, -0.2) is 47.6 Å². The normalized spacial score (nSPS) is 16.7. The molecule has 0 fully saturated rings. The van der Waals surface area contributed by atoms with Crippen molar-refractivity contribution in [3.8, 4) is 5.75 Å². The molecule has 1 aliphatic rings. The molecule has 0 aliphatic carbocycles. The van der Waals surface area contributed by atoms with Gasteiger partial charge in [0.05, 0.1) is 0 Å². The summed E-state index contributed by atoms with van der Waals surface area (Å²) in [5.74, 6) is 1.74. The summed E-state index contributed by atoms with van der Waals surface area (Å²) < 4.78 is 6.57. The van der Waals surface area contributed by atoms with Gasteiger partial charge in [0.25, 0.3) is 5.84 Å². The van der Waals surface area contributed by atoms with Crippen LogP contribution in [0.1, 0.15) is 19.4 Å². The van der Waals surface area contributed by atoms with Crippen molar-refractivity contribution in [1.82, 2.24) is 4.90 Å². The lowest BCUT2D eigenvalue weighted by molar-refractivity contribution is -0.514. The Bertz CT molecular complexity index is 616. The highest BCUT2D eigenvalue weighted by molar-refractivity contribution is 6.10. The molecule has 0 N–H and O–H groups in total. The fourth-order valence-corrected chi connectivity index (χ4v) is 2.38. The first kappa shape index (κ1) is 15.1. The number of aliphatic imine (C=N–C) groups is 1. The number of hydrogen-bond donors (Lipinski definition) is 0. The average molecular weight is 287 g/mol. The number of hydrogen-bond acceptors (Lipinski definition) is 4. The number of likely N-dealkylation sites (N-methyl/N-ethyl adjacent to an activating group) is 1. The highest BCUT2D eigenvalue weighted by Crippen LogP contribution is 2.26. The van der Waals surface area contributed by atoms with E-state index in [-0.39, 0.29) is 0 Å². The monoisotopic (exact) mass is 287 g/mol. The molecule has 5 heteroatoms. The van der Waals surface area contributed by atoms with E-state index in [1.54, 1.807) is 6.08 Å². The molecule has 21 heavy (non-hydrogen) atoms. The zero-order valence-corrected chi connectivity index (χ0v) is 13.0. The Balaban J connectivity index is 2.51. The first-order valence-corrected chi connectivity index (χ1v) is 6.83. The predicted molar refractivity (Wildman–Crippen MR) is 85.1 cm³/mol. The maximum absolute atomic E-state index is 12.6. The van der Waals surface area contributed by atoms with Gasteiger partial charge in [0.2, 0.25) is 0 Å². The summed E-state index contributed by atoms with van der Waals surface area (Å²) in [6.45, 7) is 7.74. The molecule has 0 saturated heterocycles. The minimum atomic E-state index is -0.704. The molecule has 0 spiro atoms. The van der Waals surface area contributed by atoms with Crippen molar-refractivity contribution < 1.29 is 9.48 Å².